The summed E-state index contributed by atoms with van der Waals surface area (Å²) >= 11 is 0. The highest BCUT2D eigenvalue weighted by Gasteiger charge is 2.16. The molecule has 0 spiro atoms. The van der Waals surface area contributed by atoms with Gasteiger partial charge in [0.1, 0.15) is 0 Å². The Hall–Kier alpha value is -2.10. The second kappa shape index (κ2) is 3.96. The number of anilines is 1. The molecule has 4 heteroatoms. The average molecular weight is 205 g/mol. The zero-order chi connectivity index (χ0) is 11.6. The first-order valence-corrected chi connectivity index (χ1v) is 4.28. The number of carbonyl (C=O) groups is 2. The average Bonchev–Trinajstić information content (AvgIpc) is 2.16. The molecular formula is C11H11NO3. The number of nitrogen functional groups attached to an aromatic ring is 1. The summed E-state index contributed by atoms with van der Waals surface area (Å²) in [4.78, 5) is 22.2. The number of carboxylic acid groups (broad SMARTS) is 1. The van der Waals surface area contributed by atoms with Gasteiger partial charge in [0.15, 0.2) is 5.78 Å². The van der Waals surface area contributed by atoms with Gasteiger partial charge in [-0.2, -0.15) is 0 Å². The standard InChI is InChI=1S/C11H11NO3/c1-3-8(13)9-6(2)4-5-7(10(9)12)11(14)15/h3-5H,1,12H2,2H3,(H,14,15). The van der Waals surface area contributed by atoms with Crippen molar-refractivity contribution < 1.29 is 14.7 Å². The lowest BCUT2D eigenvalue weighted by Gasteiger charge is -2.08. The van der Waals surface area contributed by atoms with Crippen LogP contribution >= 0.6 is 0 Å². The van der Waals surface area contributed by atoms with Crippen LogP contribution in [0.4, 0.5) is 5.69 Å². The maximum atomic E-state index is 11.4. The van der Waals surface area contributed by atoms with Crippen LogP contribution in [0.3, 0.4) is 0 Å². The SMILES string of the molecule is C=CC(=O)c1c(C)ccc(C(=O)O)c1N. The summed E-state index contributed by atoms with van der Waals surface area (Å²) < 4.78 is 0. The maximum absolute atomic E-state index is 11.4. The molecular weight excluding hydrogens is 194 g/mol. The van der Waals surface area contributed by atoms with Crippen molar-refractivity contribution in [3.8, 4) is 0 Å². The molecule has 0 saturated heterocycles. The van der Waals surface area contributed by atoms with E-state index in [0.29, 0.717) is 5.56 Å². The second-order valence-corrected chi connectivity index (χ2v) is 3.09. The van der Waals surface area contributed by atoms with E-state index in [9.17, 15) is 9.59 Å². The number of allylic oxidation sites excluding steroid dienone is 1. The number of rotatable bonds is 3. The molecule has 0 radical (unpaired) electrons. The second-order valence-electron chi connectivity index (χ2n) is 3.09. The van der Waals surface area contributed by atoms with Crippen LogP contribution in [0.15, 0.2) is 24.8 Å². The minimum atomic E-state index is -1.15. The Labute approximate surface area is 87.0 Å². The van der Waals surface area contributed by atoms with Crippen LogP contribution in [0, 0.1) is 6.92 Å². The van der Waals surface area contributed by atoms with E-state index in [1.165, 1.54) is 6.07 Å². The number of hydrogen-bond donors (Lipinski definition) is 2. The third kappa shape index (κ3) is 1.88. The maximum Gasteiger partial charge on any atom is 0.337 e. The van der Waals surface area contributed by atoms with Crippen molar-refractivity contribution in [3.63, 3.8) is 0 Å². The topological polar surface area (TPSA) is 80.4 Å². The molecule has 0 aliphatic heterocycles. The lowest BCUT2D eigenvalue weighted by atomic mass is 9.98. The minimum Gasteiger partial charge on any atom is -0.478 e. The van der Waals surface area contributed by atoms with E-state index in [0.717, 1.165) is 6.08 Å². The molecule has 78 valence electrons. The van der Waals surface area contributed by atoms with Gasteiger partial charge in [-0.3, -0.25) is 4.79 Å². The van der Waals surface area contributed by atoms with E-state index in [1.807, 2.05) is 0 Å². The Balaban J connectivity index is 3.49. The van der Waals surface area contributed by atoms with Crippen LogP contribution in [0.2, 0.25) is 0 Å². The van der Waals surface area contributed by atoms with E-state index >= 15 is 0 Å². The highest BCUT2D eigenvalue weighted by molar-refractivity contribution is 6.12. The smallest absolute Gasteiger partial charge is 0.337 e. The van der Waals surface area contributed by atoms with Crippen LogP contribution in [0.25, 0.3) is 0 Å². The molecule has 1 rings (SSSR count). The summed E-state index contributed by atoms with van der Waals surface area (Å²) in [5.41, 5.74) is 6.40. The van der Waals surface area contributed by atoms with Gasteiger partial charge >= 0.3 is 5.97 Å². The fourth-order valence-electron chi connectivity index (χ4n) is 1.34. The molecule has 0 fully saturated rings. The van der Waals surface area contributed by atoms with Crippen molar-refractivity contribution in [2.75, 3.05) is 5.73 Å². The van der Waals surface area contributed by atoms with Crippen molar-refractivity contribution in [2.24, 2.45) is 0 Å². The molecule has 0 aromatic heterocycles. The van der Waals surface area contributed by atoms with Crippen LogP contribution in [-0.2, 0) is 0 Å². The van der Waals surface area contributed by atoms with Gasteiger partial charge in [-0.15, -0.1) is 0 Å². The van der Waals surface area contributed by atoms with Crippen molar-refractivity contribution in [3.05, 3.63) is 41.5 Å². The Kier molecular flexibility index (Phi) is 2.90. The first kappa shape index (κ1) is 11.0. The van der Waals surface area contributed by atoms with E-state index in [-0.39, 0.29) is 22.6 Å². The number of ketones is 1. The molecule has 4 nitrogen and oxygen atoms in total. The molecule has 1 aromatic rings. The van der Waals surface area contributed by atoms with Gasteiger partial charge in [0.25, 0.3) is 0 Å². The van der Waals surface area contributed by atoms with Crippen LogP contribution in [-0.4, -0.2) is 16.9 Å². The Bertz CT molecular complexity index is 449. The van der Waals surface area contributed by atoms with Crippen molar-refractivity contribution in [2.45, 2.75) is 6.92 Å². The summed E-state index contributed by atoms with van der Waals surface area (Å²) in [5.74, 6) is -1.52. The largest absolute Gasteiger partial charge is 0.478 e. The summed E-state index contributed by atoms with van der Waals surface area (Å²) in [7, 11) is 0. The van der Waals surface area contributed by atoms with Crippen LogP contribution in [0.1, 0.15) is 26.3 Å². The van der Waals surface area contributed by atoms with E-state index in [4.69, 9.17) is 10.8 Å². The van der Waals surface area contributed by atoms with Crippen LogP contribution < -0.4 is 5.73 Å². The molecule has 1 aromatic carbocycles. The van der Waals surface area contributed by atoms with Gasteiger partial charge in [-0.25, -0.2) is 4.79 Å². The summed E-state index contributed by atoms with van der Waals surface area (Å²) in [6.45, 7) is 5.03. The molecule has 0 atom stereocenters. The monoisotopic (exact) mass is 205 g/mol. The summed E-state index contributed by atoms with van der Waals surface area (Å²) in [5, 5.41) is 8.82. The van der Waals surface area contributed by atoms with Gasteiger partial charge < -0.3 is 10.8 Å². The number of nitrogens with two attached hydrogens (primary N) is 1. The van der Waals surface area contributed by atoms with E-state index in [1.54, 1.807) is 13.0 Å². The lowest BCUT2D eigenvalue weighted by Crippen LogP contribution is -2.10. The molecule has 0 aliphatic rings. The third-order valence-corrected chi connectivity index (χ3v) is 2.12. The molecule has 0 saturated carbocycles. The highest BCUT2D eigenvalue weighted by atomic mass is 16.4. The number of aryl methyl sites for hydroxylation is 1. The van der Waals surface area contributed by atoms with E-state index in [2.05, 4.69) is 6.58 Å². The predicted molar refractivity (Wildman–Crippen MR) is 57.1 cm³/mol. The minimum absolute atomic E-state index is 0.00704. The van der Waals surface area contributed by atoms with E-state index < -0.39 is 5.97 Å². The van der Waals surface area contributed by atoms with Crippen molar-refractivity contribution in [1.29, 1.82) is 0 Å². The van der Waals surface area contributed by atoms with Gasteiger partial charge in [0.05, 0.1) is 11.3 Å². The number of carboxylic acids is 1. The number of benzene rings is 1. The zero-order valence-electron chi connectivity index (χ0n) is 8.28. The first-order valence-electron chi connectivity index (χ1n) is 4.28. The molecule has 0 amide bonds. The quantitative estimate of drug-likeness (QED) is 0.446. The zero-order valence-corrected chi connectivity index (χ0v) is 8.28. The highest BCUT2D eigenvalue weighted by Crippen LogP contribution is 2.22. The van der Waals surface area contributed by atoms with Gasteiger partial charge in [-0.1, -0.05) is 12.6 Å². The molecule has 0 bridgehead atoms. The Morgan fingerprint density at radius 1 is 1.47 bits per heavy atom. The molecule has 0 aliphatic carbocycles. The molecule has 3 N–H and O–H groups in total. The van der Waals surface area contributed by atoms with Gasteiger partial charge in [-0.05, 0) is 24.6 Å². The normalized spacial score (nSPS) is 9.67. The Morgan fingerprint density at radius 3 is 2.53 bits per heavy atom. The number of aromatic carboxylic acids is 1. The van der Waals surface area contributed by atoms with Gasteiger partial charge in [0, 0.05) is 5.56 Å². The fourth-order valence-corrected chi connectivity index (χ4v) is 1.34. The molecule has 0 heterocycles. The molecule has 15 heavy (non-hydrogen) atoms. The fraction of sp³-hybridized carbons (Fsp3) is 0.0909. The molecule has 0 unspecified atom stereocenters. The summed E-state index contributed by atoms with van der Waals surface area (Å²) in [6, 6.07) is 2.93. The van der Waals surface area contributed by atoms with Crippen molar-refractivity contribution in [1.82, 2.24) is 0 Å². The van der Waals surface area contributed by atoms with Crippen LogP contribution in [0.5, 0.6) is 0 Å². The first-order chi connectivity index (χ1) is 6.99. The lowest BCUT2D eigenvalue weighted by molar-refractivity contribution is 0.0698. The number of hydrogen-bond acceptors (Lipinski definition) is 3. The van der Waals surface area contributed by atoms with Crippen molar-refractivity contribution >= 4 is 17.4 Å². The van der Waals surface area contributed by atoms with Gasteiger partial charge in [0.2, 0.25) is 0 Å². The third-order valence-electron chi connectivity index (χ3n) is 2.12. The number of carbonyl (C=O) groups excluding carboxylic acids is 1. The summed E-state index contributed by atoms with van der Waals surface area (Å²) in [6.07, 6.45) is 1.12. The Morgan fingerprint density at radius 2 is 2.07 bits per heavy atom. The predicted octanol–water partition coefficient (Wildman–Crippen LogP) is 1.64.